The van der Waals surface area contributed by atoms with Gasteiger partial charge in [-0.05, 0) is 147 Å². The second-order valence-corrected chi connectivity index (χ2v) is 133. The van der Waals surface area contributed by atoms with Crippen molar-refractivity contribution in [3.63, 3.8) is 0 Å². The molecule has 4 atom stereocenters. The number of hydrogen-bond acceptors (Lipinski definition) is 4. The number of thioether (sulfide) groups is 1. The molecule has 1 saturated carbocycles. The predicted molar refractivity (Wildman–Crippen MR) is 365 cm³/mol. The number of fused-ring (bicyclic) bond motifs is 8. The number of rotatable bonds is 1. The minimum absolute atomic E-state index is 0. The second kappa shape index (κ2) is 42.0. The molecule has 0 amide bonds. The van der Waals surface area contributed by atoms with Gasteiger partial charge in [0.25, 0.3) is 0 Å². The van der Waals surface area contributed by atoms with Crippen LogP contribution in [0.1, 0.15) is 51.5 Å². The van der Waals surface area contributed by atoms with Crippen molar-refractivity contribution in [3.8, 4) is 22.5 Å². The number of nitrogens with one attached hydrogen (secondary N) is 2. The third kappa shape index (κ3) is 29.1. The first-order chi connectivity index (χ1) is 30.8. The van der Waals surface area contributed by atoms with Crippen molar-refractivity contribution in [1.82, 2.24) is 19.9 Å². The second-order valence-electron chi connectivity index (χ2n) is 15.9. The summed E-state index contributed by atoms with van der Waals surface area (Å²) in [5.41, 5.74) is 10.3. The normalized spacial score (nSPS) is 16.3. The fraction of sp³-hybridized carbons (Fsp3) is 0.267. The first kappa shape index (κ1) is 86.5. The first-order valence-electron chi connectivity index (χ1n) is 19.3. The average Bonchev–Trinajstić information content (AvgIpc) is 4.04. The number of H-pyrrole nitrogens is 2. The van der Waals surface area contributed by atoms with Crippen molar-refractivity contribution in [3.05, 3.63) is 137 Å². The molecule has 399 valence electrons. The molecule has 0 aromatic carbocycles. The number of hydrogen-bond donors (Lipinski definition) is 2. The zero-order valence-corrected chi connectivity index (χ0v) is 73.3. The minimum Gasteiger partial charge on any atom is -1.00 e. The molecule has 0 saturated heterocycles. The van der Waals surface area contributed by atoms with Crippen LogP contribution >= 0.6 is 223 Å². The van der Waals surface area contributed by atoms with Crippen molar-refractivity contribution in [2.45, 2.75) is 64.5 Å². The van der Waals surface area contributed by atoms with E-state index in [0.717, 1.165) is 73.7 Å². The number of nitrogens with zero attached hydrogens (tertiary/aromatic N) is 2. The molecule has 0 spiro atoms. The zero-order chi connectivity index (χ0) is 49.3. The smallest absolute Gasteiger partial charge is 1.00 e. The van der Waals surface area contributed by atoms with E-state index in [1.807, 2.05) is 47.9 Å². The maximum absolute atomic E-state index is 4.89. The summed E-state index contributed by atoms with van der Waals surface area (Å²) in [4.78, 5) is 16.9. The van der Waals surface area contributed by atoms with Crippen molar-refractivity contribution in [2.75, 3.05) is 0 Å². The van der Waals surface area contributed by atoms with Crippen LogP contribution in [0.5, 0.6) is 0 Å². The third-order valence-corrected chi connectivity index (χ3v) is 18.8. The molecule has 28 heteroatoms. The minimum atomic E-state index is -1.93. The van der Waals surface area contributed by atoms with Gasteiger partial charge in [-0.2, -0.15) is 0 Å². The molecule has 1 fully saturated rings. The van der Waals surface area contributed by atoms with Crippen LogP contribution in [0.15, 0.2) is 104 Å². The summed E-state index contributed by atoms with van der Waals surface area (Å²) in [5, 5.41) is 7.70. The van der Waals surface area contributed by atoms with Gasteiger partial charge in [0.05, 0.1) is 30.5 Å². The zero-order valence-electron chi connectivity index (χ0n) is 41.5. The van der Waals surface area contributed by atoms with E-state index in [2.05, 4.69) is 288 Å². The summed E-state index contributed by atoms with van der Waals surface area (Å²) in [6.45, 7) is 12.0. The van der Waals surface area contributed by atoms with Crippen molar-refractivity contribution in [2.24, 2.45) is 11.8 Å². The monoisotopic (exact) mass is 2160 g/mol. The van der Waals surface area contributed by atoms with Crippen molar-refractivity contribution < 1.29 is 79.9 Å². The summed E-state index contributed by atoms with van der Waals surface area (Å²) in [5.74, 6) is 1.81. The Hall–Kier alpha value is 7.06. The molecule has 6 heterocycles. The summed E-state index contributed by atoms with van der Waals surface area (Å²) >= 11 is 46.5. The predicted octanol–water partition coefficient (Wildman–Crippen LogP) is 19.7. The fourth-order valence-corrected chi connectivity index (χ4v) is 16.9. The topological polar surface area (TPSA) is 57.4 Å². The number of pyridine rings is 4. The first-order valence-corrected chi connectivity index (χ1v) is 73.1. The summed E-state index contributed by atoms with van der Waals surface area (Å²) in [6, 6.07) is 12.6. The van der Waals surface area contributed by atoms with Crippen LogP contribution in [-0.2, 0) is 42.6 Å². The van der Waals surface area contributed by atoms with Gasteiger partial charge in [-0.15, -0.1) is 23.1 Å². The van der Waals surface area contributed by atoms with E-state index in [4.69, 9.17) is 18.6 Å². The molecule has 2 radical (unpaired) electrons. The number of allylic oxidation sites excluding steroid dienone is 2. The van der Waals surface area contributed by atoms with Crippen LogP contribution in [0.2, 0.25) is 19.6 Å². The largest absolute Gasteiger partial charge is 1.00 e. The van der Waals surface area contributed by atoms with Crippen LogP contribution in [0, 0.1) is 34.1 Å². The number of aromatic nitrogens is 4. The van der Waals surface area contributed by atoms with Crippen LogP contribution in [0.4, 0.5) is 0 Å². The van der Waals surface area contributed by atoms with Crippen molar-refractivity contribution in [1.29, 1.82) is 0 Å². The summed E-state index contributed by atoms with van der Waals surface area (Å²) in [6.07, 6.45) is 12.7. The summed E-state index contributed by atoms with van der Waals surface area (Å²) < 4.78 is 6.83. The molecule has 4 unspecified atom stereocenters. The maximum Gasteiger partial charge on any atom is 1.00 e. The van der Waals surface area contributed by atoms with E-state index in [1.54, 1.807) is 10.5 Å². The van der Waals surface area contributed by atoms with E-state index >= 15 is 0 Å². The molecule has 3 aromatic rings. The molecule has 73 heavy (non-hydrogen) atoms. The van der Waals surface area contributed by atoms with E-state index in [1.165, 1.54) is 38.5 Å². The van der Waals surface area contributed by atoms with E-state index in [0.29, 0.717) is 0 Å². The van der Waals surface area contributed by atoms with Gasteiger partial charge in [0.15, 0.2) is 0 Å². The van der Waals surface area contributed by atoms with E-state index < -0.39 is 50.7 Å². The molecular weight excluding hydrogens is 2120 g/mol. The third-order valence-electron chi connectivity index (χ3n) is 9.95. The molecular formula is C45H52Br14Cl2Li2N4S2SiTiZr2-5. The van der Waals surface area contributed by atoms with Crippen LogP contribution in [0.3, 0.4) is 0 Å². The fourth-order valence-electron chi connectivity index (χ4n) is 7.73. The molecule has 4 aliphatic carbocycles. The maximum atomic E-state index is 4.89. The van der Waals surface area contributed by atoms with Crippen LogP contribution < -0.4 is 35.8 Å². The number of aromatic amines is 2. The van der Waals surface area contributed by atoms with Crippen molar-refractivity contribution >= 4 is 278 Å². The molecule has 4 nitrogen and oxygen atoms in total. The van der Waals surface area contributed by atoms with Gasteiger partial charge in [0, 0.05) is 106 Å². The summed E-state index contributed by atoms with van der Waals surface area (Å²) in [7, 11) is 6.74. The quantitative estimate of drug-likeness (QED) is 0.127. The van der Waals surface area contributed by atoms with Gasteiger partial charge in [0.2, 0.25) is 0 Å². The Morgan fingerprint density at radius 2 is 1.18 bits per heavy atom. The van der Waals surface area contributed by atoms with Crippen LogP contribution in [0.25, 0.3) is 50.4 Å². The Morgan fingerprint density at radius 1 is 0.767 bits per heavy atom. The molecule has 2 N–H and O–H groups in total. The van der Waals surface area contributed by atoms with Gasteiger partial charge in [0.1, 0.15) is 0 Å². The molecule has 7 aliphatic rings. The molecule has 0 bridgehead atoms. The van der Waals surface area contributed by atoms with Gasteiger partial charge in [-0.3, -0.25) is 9.97 Å². The van der Waals surface area contributed by atoms with Gasteiger partial charge in [-0.1, -0.05) is 61.6 Å². The van der Waals surface area contributed by atoms with Gasteiger partial charge >= 0.3 is 166 Å². The van der Waals surface area contributed by atoms with Gasteiger partial charge in [-0.25, -0.2) is 0 Å². The number of thiophene rings is 1. The van der Waals surface area contributed by atoms with Gasteiger partial charge < -0.3 is 69.5 Å². The van der Waals surface area contributed by atoms with Crippen LogP contribution in [-0.4, -0.2) is 52.1 Å². The SMILES string of the molecule is Brc1c[nH]c2c3ncc(Br)cc3cc-2c1.Brc1c[nH]c2c3ncc(Br)cc3cc-2c1.C.CC1=Cc2c(Br)csc2C1[Si](C)(C)C.CC1CC2SC=C(Br)C2C1.[Br-].[Br][Zr]([Br])([Br])[Br].[Br][Zr]([Br])[Br].[CH3-].[CH3-].[CH3-].[Cl][Ti][Cl].[H-].[Li+].[Li-]. The molecule has 3 aromatic heterocycles. The van der Waals surface area contributed by atoms with E-state index in [-0.39, 0.29) is 85.8 Å². The Bertz CT molecular complexity index is 2590. The molecule has 10 rings (SSSR count). The Labute approximate surface area is 601 Å². The molecule has 3 aliphatic heterocycles. The standard InChI is InChI=1S/2C11H6Br2N2.C11H15BrSSi.C8H11BrS.CH4.3CH3.8BrH.2ClH.2Li.Ti.2Zr.H/c2*12-8-2-6-1-7-3-9(13)5-15-11(7)10(6)14-4-8;1-7-5-8-9(12)6-13-10(8)11(7)14(2,3)4;1-5-2-6-7(9)4-10-8(6)3-5;;;;;;;;;;;;;;;;;;;;/h2*1-5,14H;5-6,11H,1-4H3;4-6,8H,2-3H2,1H3;1H4;3*1H3;10*1H;;;;;;/q;;;;;3*-1;;;;;;;;;;;-1;+1;+2;+3;+4;-1/p-10. The Morgan fingerprint density at radius 3 is 1.56 bits per heavy atom. The Balaban J connectivity index is -0.000000259. The average molecular weight is 2170 g/mol. The Kier molecular flexibility index (Phi) is 49.8. The number of halogens is 16. The van der Waals surface area contributed by atoms with E-state index in [9.17, 15) is 0 Å².